The molecule has 8 nitrogen and oxygen atoms in total. The van der Waals surface area contributed by atoms with E-state index in [-0.39, 0.29) is 26.3 Å². The molecule has 0 fully saturated rings. The van der Waals surface area contributed by atoms with Crippen molar-refractivity contribution in [1.29, 1.82) is 0 Å². The molecule has 0 aliphatic rings. The second kappa shape index (κ2) is 8.25. The lowest BCUT2D eigenvalue weighted by molar-refractivity contribution is 0.120. The molecule has 0 unspecified atom stereocenters. The van der Waals surface area contributed by atoms with Gasteiger partial charge in [-0.25, -0.2) is 9.52 Å². The molecule has 0 saturated carbocycles. The number of nitrogens with one attached hydrogen (secondary N) is 1. The summed E-state index contributed by atoms with van der Waals surface area (Å²) < 4.78 is 35.6. The number of rotatable bonds is 8. The minimum Gasteiger partial charge on any atom is -0.446 e. The lowest BCUT2D eigenvalue weighted by atomic mass is 10.5. The van der Waals surface area contributed by atoms with Crippen LogP contribution in [0, 0.1) is 0 Å². The van der Waals surface area contributed by atoms with Crippen LogP contribution in [0.5, 0.6) is 0 Å². The van der Waals surface area contributed by atoms with Crippen molar-refractivity contribution in [3.63, 3.8) is 0 Å². The number of aliphatic hydroxyl groups excluding tert-OH is 1. The zero-order valence-corrected chi connectivity index (χ0v) is 11.6. The van der Waals surface area contributed by atoms with E-state index in [1.165, 1.54) is 7.11 Å². The molecular formula is C9H20N2O6S. The predicted molar refractivity (Wildman–Crippen MR) is 64.2 cm³/mol. The third kappa shape index (κ3) is 6.74. The Balaban J connectivity index is 4.58. The van der Waals surface area contributed by atoms with Crippen molar-refractivity contribution in [2.45, 2.75) is 20.0 Å². The molecule has 0 atom stereocenters. The zero-order chi connectivity index (χ0) is 14.2. The zero-order valence-electron chi connectivity index (χ0n) is 10.7. The molecule has 1 amide bonds. The first kappa shape index (κ1) is 17.1. The molecule has 9 heteroatoms. The fourth-order valence-electron chi connectivity index (χ4n) is 1.06. The molecular weight excluding hydrogens is 264 g/mol. The third-order valence-corrected chi connectivity index (χ3v) is 3.26. The Labute approximate surface area is 107 Å². The van der Waals surface area contributed by atoms with Crippen LogP contribution in [0.4, 0.5) is 4.79 Å². The van der Waals surface area contributed by atoms with Gasteiger partial charge < -0.3 is 14.6 Å². The predicted octanol–water partition coefficient (Wildman–Crippen LogP) is -0.693. The number of carbonyl (C=O) groups excluding carboxylic acids is 1. The lowest BCUT2D eigenvalue weighted by Gasteiger charge is -2.21. The van der Waals surface area contributed by atoms with Crippen molar-refractivity contribution >= 4 is 16.3 Å². The SMILES string of the molecule is COCCN(CCO)S(=O)(=O)NC(=O)OC(C)C. The van der Waals surface area contributed by atoms with Crippen molar-refractivity contribution in [1.82, 2.24) is 9.03 Å². The minimum atomic E-state index is -4.03. The molecule has 0 spiro atoms. The van der Waals surface area contributed by atoms with Crippen LogP contribution in [-0.4, -0.2) is 63.4 Å². The lowest BCUT2D eigenvalue weighted by Crippen LogP contribution is -2.46. The van der Waals surface area contributed by atoms with Gasteiger partial charge in [0.1, 0.15) is 0 Å². The van der Waals surface area contributed by atoms with Crippen LogP contribution in [-0.2, 0) is 19.7 Å². The van der Waals surface area contributed by atoms with Crippen LogP contribution >= 0.6 is 0 Å². The van der Waals surface area contributed by atoms with E-state index in [9.17, 15) is 13.2 Å². The second-order valence-electron chi connectivity index (χ2n) is 3.68. The summed E-state index contributed by atoms with van der Waals surface area (Å²) in [5.41, 5.74) is 0. The van der Waals surface area contributed by atoms with Crippen LogP contribution in [0.15, 0.2) is 0 Å². The van der Waals surface area contributed by atoms with Crippen LogP contribution in [0.2, 0.25) is 0 Å². The van der Waals surface area contributed by atoms with E-state index >= 15 is 0 Å². The summed E-state index contributed by atoms with van der Waals surface area (Å²) in [5, 5.41) is 8.79. The fourth-order valence-corrected chi connectivity index (χ4v) is 2.09. The summed E-state index contributed by atoms with van der Waals surface area (Å²) in [5.74, 6) is 0. The van der Waals surface area contributed by atoms with Gasteiger partial charge in [-0.1, -0.05) is 0 Å². The number of nitrogens with zero attached hydrogens (tertiary/aromatic N) is 1. The molecule has 108 valence electrons. The number of methoxy groups -OCH3 is 1. The number of ether oxygens (including phenoxy) is 2. The monoisotopic (exact) mass is 284 g/mol. The van der Waals surface area contributed by atoms with Gasteiger partial charge in [0.25, 0.3) is 0 Å². The highest BCUT2D eigenvalue weighted by molar-refractivity contribution is 7.87. The Morgan fingerprint density at radius 1 is 1.39 bits per heavy atom. The Morgan fingerprint density at radius 2 is 2.00 bits per heavy atom. The summed E-state index contributed by atoms with van der Waals surface area (Å²) in [7, 11) is -2.61. The Morgan fingerprint density at radius 3 is 2.44 bits per heavy atom. The van der Waals surface area contributed by atoms with Crippen molar-refractivity contribution in [3.8, 4) is 0 Å². The van der Waals surface area contributed by atoms with E-state index in [1.54, 1.807) is 18.6 Å². The first-order chi connectivity index (χ1) is 8.33. The number of aliphatic hydroxyl groups is 1. The van der Waals surface area contributed by atoms with Gasteiger partial charge in [0.05, 0.1) is 19.3 Å². The minimum absolute atomic E-state index is 0.0291. The number of hydrogen-bond acceptors (Lipinski definition) is 6. The Kier molecular flexibility index (Phi) is 7.83. The van der Waals surface area contributed by atoms with E-state index in [0.29, 0.717) is 0 Å². The van der Waals surface area contributed by atoms with Gasteiger partial charge in [-0.2, -0.15) is 12.7 Å². The summed E-state index contributed by atoms with van der Waals surface area (Å²) in [6, 6.07) is 0. The topological polar surface area (TPSA) is 105 Å². The van der Waals surface area contributed by atoms with Gasteiger partial charge in [-0.05, 0) is 13.8 Å². The number of hydrogen-bond donors (Lipinski definition) is 2. The van der Waals surface area contributed by atoms with Gasteiger partial charge in [-0.15, -0.1) is 0 Å². The highest BCUT2D eigenvalue weighted by Crippen LogP contribution is 1.99. The third-order valence-electron chi connectivity index (χ3n) is 1.79. The maximum absolute atomic E-state index is 11.8. The molecule has 0 saturated heterocycles. The average Bonchev–Trinajstić information content (AvgIpc) is 2.21. The Bertz CT molecular complexity index is 343. The van der Waals surface area contributed by atoms with E-state index < -0.39 is 22.4 Å². The summed E-state index contributed by atoms with van der Waals surface area (Å²) in [6.07, 6.45) is -1.48. The maximum atomic E-state index is 11.8. The number of carbonyl (C=O) groups is 1. The highest BCUT2D eigenvalue weighted by atomic mass is 32.2. The second-order valence-corrected chi connectivity index (χ2v) is 5.35. The molecule has 18 heavy (non-hydrogen) atoms. The molecule has 0 aliphatic carbocycles. The van der Waals surface area contributed by atoms with Crippen molar-refractivity contribution < 1.29 is 27.8 Å². The maximum Gasteiger partial charge on any atom is 0.422 e. The van der Waals surface area contributed by atoms with Gasteiger partial charge in [0.15, 0.2) is 0 Å². The van der Waals surface area contributed by atoms with Crippen molar-refractivity contribution in [2.24, 2.45) is 0 Å². The van der Waals surface area contributed by atoms with E-state index in [0.717, 1.165) is 4.31 Å². The molecule has 0 aliphatic heterocycles. The molecule has 0 radical (unpaired) electrons. The molecule has 2 N–H and O–H groups in total. The van der Waals surface area contributed by atoms with Crippen LogP contribution in [0.1, 0.15) is 13.8 Å². The van der Waals surface area contributed by atoms with Crippen molar-refractivity contribution in [3.05, 3.63) is 0 Å². The van der Waals surface area contributed by atoms with Crippen LogP contribution < -0.4 is 4.72 Å². The van der Waals surface area contributed by atoms with Crippen molar-refractivity contribution in [2.75, 3.05) is 33.4 Å². The molecule has 0 aromatic rings. The summed E-state index contributed by atoms with van der Waals surface area (Å²) >= 11 is 0. The molecule has 0 rings (SSSR count). The molecule has 0 aromatic carbocycles. The van der Waals surface area contributed by atoms with E-state index in [2.05, 4.69) is 4.74 Å². The van der Waals surface area contributed by atoms with Crippen LogP contribution in [0.3, 0.4) is 0 Å². The van der Waals surface area contributed by atoms with E-state index in [1.807, 2.05) is 0 Å². The first-order valence-electron chi connectivity index (χ1n) is 5.41. The molecule has 0 bridgehead atoms. The van der Waals surface area contributed by atoms with Gasteiger partial charge in [0.2, 0.25) is 0 Å². The van der Waals surface area contributed by atoms with E-state index in [4.69, 9.17) is 9.84 Å². The quantitative estimate of drug-likeness (QED) is 0.611. The smallest absolute Gasteiger partial charge is 0.422 e. The number of amides is 1. The van der Waals surface area contributed by atoms with Crippen LogP contribution in [0.25, 0.3) is 0 Å². The Hall–Kier alpha value is -0.900. The largest absolute Gasteiger partial charge is 0.446 e. The fraction of sp³-hybridized carbons (Fsp3) is 0.889. The molecule has 0 aromatic heterocycles. The van der Waals surface area contributed by atoms with Gasteiger partial charge in [0, 0.05) is 20.2 Å². The molecule has 0 heterocycles. The summed E-state index contributed by atoms with van der Waals surface area (Å²) in [4.78, 5) is 11.2. The summed E-state index contributed by atoms with van der Waals surface area (Å²) in [6.45, 7) is 2.89. The standard InChI is InChI=1S/C9H20N2O6S/c1-8(2)17-9(13)10-18(14,15)11(4-6-12)5-7-16-3/h8,12H,4-7H2,1-3H3,(H,10,13). The average molecular weight is 284 g/mol. The van der Waals surface area contributed by atoms with Gasteiger partial charge in [-0.3, -0.25) is 0 Å². The normalized spacial score (nSPS) is 11.9. The van der Waals surface area contributed by atoms with Gasteiger partial charge >= 0.3 is 16.3 Å². The first-order valence-corrected chi connectivity index (χ1v) is 6.85. The highest BCUT2D eigenvalue weighted by Gasteiger charge is 2.24.